The number of halogens is 2. The van der Waals surface area contributed by atoms with Gasteiger partial charge in [0.15, 0.2) is 0 Å². The molecule has 1 aromatic heterocycles. The van der Waals surface area contributed by atoms with Gasteiger partial charge in [0.1, 0.15) is 17.2 Å². The zero-order valence-corrected chi connectivity index (χ0v) is 14.6. The maximum absolute atomic E-state index is 12.4. The molecule has 0 atom stereocenters. The maximum Gasteiger partial charge on any atom is 0.356 e. The Hall–Kier alpha value is -2.11. The largest absolute Gasteiger partial charge is 0.496 e. The molecular formula is C17H15Cl2NO4. The van der Waals surface area contributed by atoms with Gasteiger partial charge in [-0.25, -0.2) is 9.78 Å². The van der Waals surface area contributed by atoms with Crippen molar-refractivity contribution in [3.8, 4) is 5.75 Å². The highest BCUT2D eigenvalue weighted by molar-refractivity contribution is 6.31. The van der Waals surface area contributed by atoms with E-state index in [1.807, 2.05) is 0 Å². The van der Waals surface area contributed by atoms with Crippen LogP contribution in [0.5, 0.6) is 5.75 Å². The zero-order chi connectivity index (χ0) is 17.7. The molecule has 0 saturated heterocycles. The minimum absolute atomic E-state index is 0.0566. The number of methoxy groups -OCH3 is 2. The number of hydrogen-bond donors (Lipinski definition) is 0. The molecule has 0 bridgehead atoms. The predicted octanol–water partition coefficient (Wildman–Crippen LogP) is 3.54. The SMILES string of the molecule is COC(=O)c1cc(CC(=O)Cc2cc(Cl)ccc2OC)c(Cl)cn1. The molecule has 0 spiro atoms. The molecule has 0 aliphatic heterocycles. The number of esters is 1. The van der Waals surface area contributed by atoms with Crippen molar-refractivity contribution in [1.82, 2.24) is 4.98 Å². The Morgan fingerprint density at radius 1 is 1.08 bits per heavy atom. The topological polar surface area (TPSA) is 65.5 Å². The average molecular weight is 368 g/mol. The first-order chi connectivity index (χ1) is 11.4. The van der Waals surface area contributed by atoms with Gasteiger partial charge >= 0.3 is 5.97 Å². The quantitative estimate of drug-likeness (QED) is 0.730. The van der Waals surface area contributed by atoms with Crippen LogP contribution in [-0.4, -0.2) is 31.0 Å². The molecule has 0 aliphatic carbocycles. The number of benzene rings is 1. The van der Waals surface area contributed by atoms with Crippen molar-refractivity contribution in [2.45, 2.75) is 12.8 Å². The number of ether oxygens (including phenoxy) is 2. The summed E-state index contributed by atoms with van der Waals surface area (Å²) < 4.78 is 9.85. The van der Waals surface area contributed by atoms with E-state index < -0.39 is 5.97 Å². The van der Waals surface area contributed by atoms with Gasteiger partial charge in [-0.1, -0.05) is 23.2 Å². The number of nitrogens with zero attached hydrogens (tertiary/aromatic N) is 1. The monoisotopic (exact) mass is 367 g/mol. The fraction of sp³-hybridized carbons (Fsp3) is 0.235. The second kappa shape index (κ2) is 8.13. The third-order valence-electron chi connectivity index (χ3n) is 3.35. The highest BCUT2D eigenvalue weighted by Gasteiger charge is 2.15. The van der Waals surface area contributed by atoms with E-state index in [9.17, 15) is 9.59 Å². The number of pyridine rings is 1. The van der Waals surface area contributed by atoms with Crippen LogP contribution in [0.2, 0.25) is 10.0 Å². The molecule has 0 saturated carbocycles. The van der Waals surface area contributed by atoms with Crippen LogP contribution in [0.15, 0.2) is 30.5 Å². The van der Waals surface area contributed by atoms with Gasteiger partial charge in [-0.2, -0.15) is 0 Å². The first-order valence-corrected chi connectivity index (χ1v) is 7.77. The zero-order valence-electron chi connectivity index (χ0n) is 13.1. The summed E-state index contributed by atoms with van der Waals surface area (Å²) in [4.78, 5) is 27.8. The minimum atomic E-state index is -0.586. The van der Waals surface area contributed by atoms with Gasteiger partial charge in [0, 0.05) is 29.6 Å². The van der Waals surface area contributed by atoms with Crippen molar-refractivity contribution in [2.24, 2.45) is 0 Å². The van der Waals surface area contributed by atoms with Gasteiger partial charge in [-0.05, 0) is 29.8 Å². The summed E-state index contributed by atoms with van der Waals surface area (Å²) in [6.45, 7) is 0. The minimum Gasteiger partial charge on any atom is -0.496 e. The molecule has 0 amide bonds. The standard InChI is InChI=1S/C17H15Cl2NO4/c1-23-16-4-3-12(18)5-11(16)7-13(21)6-10-8-15(17(22)24-2)20-9-14(10)19/h3-5,8-9H,6-7H2,1-2H3. The molecule has 0 radical (unpaired) electrons. The fourth-order valence-electron chi connectivity index (χ4n) is 2.20. The molecule has 0 N–H and O–H groups in total. The van der Waals surface area contributed by atoms with Crippen LogP contribution in [0, 0.1) is 0 Å². The lowest BCUT2D eigenvalue weighted by molar-refractivity contribution is -0.117. The van der Waals surface area contributed by atoms with Gasteiger partial charge in [0.25, 0.3) is 0 Å². The summed E-state index contributed by atoms with van der Waals surface area (Å²) in [6, 6.07) is 6.55. The fourth-order valence-corrected chi connectivity index (χ4v) is 2.57. The summed E-state index contributed by atoms with van der Waals surface area (Å²) in [5.74, 6) is -0.0971. The van der Waals surface area contributed by atoms with Gasteiger partial charge in [0.2, 0.25) is 0 Å². The Bertz CT molecular complexity index is 777. The van der Waals surface area contributed by atoms with Crippen LogP contribution >= 0.6 is 23.2 Å². The highest BCUT2D eigenvalue weighted by atomic mass is 35.5. The van der Waals surface area contributed by atoms with E-state index in [4.69, 9.17) is 27.9 Å². The second-order valence-corrected chi connectivity index (χ2v) is 5.84. The van der Waals surface area contributed by atoms with E-state index in [0.29, 0.717) is 26.9 Å². The second-order valence-electron chi connectivity index (χ2n) is 5.00. The smallest absolute Gasteiger partial charge is 0.356 e. The molecule has 2 rings (SSSR count). The lowest BCUT2D eigenvalue weighted by atomic mass is 10.0. The van der Waals surface area contributed by atoms with Crippen LogP contribution in [0.4, 0.5) is 0 Å². The van der Waals surface area contributed by atoms with Crippen LogP contribution in [0.25, 0.3) is 0 Å². The number of hydrogen-bond acceptors (Lipinski definition) is 5. The number of aromatic nitrogens is 1. The number of Topliss-reactive ketones (excluding diaryl/α,β-unsaturated/α-hetero) is 1. The molecule has 126 valence electrons. The number of rotatable bonds is 6. The summed E-state index contributed by atoms with van der Waals surface area (Å²) in [6.07, 6.45) is 1.52. The van der Waals surface area contributed by atoms with E-state index in [-0.39, 0.29) is 24.3 Å². The Kier molecular flexibility index (Phi) is 6.17. The van der Waals surface area contributed by atoms with Gasteiger partial charge in [-0.3, -0.25) is 4.79 Å². The summed E-state index contributed by atoms with van der Waals surface area (Å²) in [7, 11) is 2.79. The number of ketones is 1. The van der Waals surface area contributed by atoms with Crippen LogP contribution in [0.3, 0.4) is 0 Å². The molecular weight excluding hydrogens is 353 g/mol. The molecule has 1 heterocycles. The van der Waals surface area contributed by atoms with E-state index in [1.54, 1.807) is 18.2 Å². The molecule has 2 aromatic rings. The van der Waals surface area contributed by atoms with Crippen LogP contribution < -0.4 is 4.74 Å². The van der Waals surface area contributed by atoms with Crippen LogP contribution in [0.1, 0.15) is 21.6 Å². The van der Waals surface area contributed by atoms with E-state index in [2.05, 4.69) is 9.72 Å². The Labute approximate surface area is 149 Å². The summed E-state index contributed by atoms with van der Waals surface area (Å²) in [5, 5.41) is 0.836. The van der Waals surface area contributed by atoms with E-state index in [1.165, 1.54) is 26.5 Å². The van der Waals surface area contributed by atoms with E-state index >= 15 is 0 Å². The highest BCUT2D eigenvalue weighted by Crippen LogP contribution is 2.24. The van der Waals surface area contributed by atoms with Crippen molar-refractivity contribution in [2.75, 3.05) is 14.2 Å². The molecule has 0 unspecified atom stereocenters. The molecule has 24 heavy (non-hydrogen) atoms. The predicted molar refractivity (Wildman–Crippen MR) is 91.0 cm³/mol. The van der Waals surface area contributed by atoms with Crippen molar-refractivity contribution in [1.29, 1.82) is 0 Å². The van der Waals surface area contributed by atoms with Crippen LogP contribution in [-0.2, 0) is 22.4 Å². The van der Waals surface area contributed by atoms with Crippen molar-refractivity contribution < 1.29 is 19.1 Å². The summed E-state index contributed by atoms with van der Waals surface area (Å²) in [5.41, 5.74) is 1.30. The Morgan fingerprint density at radius 3 is 2.46 bits per heavy atom. The van der Waals surface area contributed by atoms with Crippen molar-refractivity contribution in [3.63, 3.8) is 0 Å². The van der Waals surface area contributed by atoms with Gasteiger partial charge in [0.05, 0.1) is 19.2 Å². The maximum atomic E-state index is 12.4. The van der Waals surface area contributed by atoms with Crippen molar-refractivity contribution >= 4 is 35.0 Å². The molecule has 0 fully saturated rings. The third-order valence-corrected chi connectivity index (χ3v) is 3.92. The molecule has 5 nitrogen and oxygen atoms in total. The third kappa shape index (κ3) is 4.46. The normalized spacial score (nSPS) is 10.3. The van der Waals surface area contributed by atoms with Crippen molar-refractivity contribution in [3.05, 3.63) is 57.3 Å². The first kappa shape index (κ1) is 18.2. The lowest BCUT2D eigenvalue weighted by Gasteiger charge is -2.09. The average Bonchev–Trinajstić information content (AvgIpc) is 2.56. The van der Waals surface area contributed by atoms with Gasteiger partial charge < -0.3 is 9.47 Å². The van der Waals surface area contributed by atoms with E-state index in [0.717, 1.165) is 0 Å². The Balaban J connectivity index is 2.18. The molecule has 1 aromatic carbocycles. The summed E-state index contributed by atoms with van der Waals surface area (Å²) >= 11 is 12.0. The van der Waals surface area contributed by atoms with Gasteiger partial charge in [-0.15, -0.1) is 0 Å². The lowest BCUT2D eigenvalue weighted by Crippen LogP contribution is -2.10. The Morgan fingerprint density at radius 2 is 1.79 bits per heavy atom. The number of carbonyl (C=O) groups excluding carboxylic acids is 2. The first-order valence-electron chi connectivity index (χ1n) is 7.01. The molecule has 0 aliphatic rings. The molecule has 7 heteroatoms. The number of carbonyl (C=O) groups is 2.